The van der Waals surface area contributed by atoms with Crippen LogP contribution in [0, 0.1) is 19.8 Å². The molecule has 0 aliphatic heterocycles. The number of fused-ring (bicyclic) bond motifs is 2. The maximum Gasteiger partial charge on any atom is 0.309 e. The molecular weight excluding hydrogens is 811 g/mol. The van der Waals surface area contributed by atoms with Crippen LogP contribution in [0.15, 0.2) is 48.6 Å². The lowest BCUT2D eigenvalue weighted by atomic mass is 9.82. The zero-order valence-electron chi connectivity index (χ0n) is 36.5. The number of aromatic nitrogens is 8. The molecule has 0 atom stereocenters. The molecule has 19 nitrogen and oxygen atoms in total. The number of hydrogen-bond acceptors (Lipinski definition) is 12. The number of primary amides is 1. The molecular formula is C44H51N11O8. The highest BCUT2D eigenvalue weighted by Gasteiger charge is 2.38. The van der Waals surface area contributed by atoms with Crippen LogP contribution in [0.3, 0.4) is 0 Å². The van der Waals surface area contributed by atoms with E-state index >= 15 is 0 Å². The number of rotatable bonds is 17. The first-order chi connectivity index (χ1) is 30.1. The van der Waals surface area contributed by atoms with Crippen molar-refractivity contribution in [3.63, 3.8) is 0 Å². The first-order valence-electron chi connectivity index (χ1n) is 20.8. The number of esters is 1. The molecule has 1 fully saturated rings. The number of nitrogens with one attached hydrogen (secondary N) is 2. The Labute approximate surface area is 362 Å². The summed E-state index contributed by atoms with van der Waals surface area (Å²) in [5, 5.41) is 14.7. The summed E-state index contributed by atoms with van der Waals surface area (Å²) in [6, 6.07) is 9.72. The number of Topliss-reactive ketones (excluding diaryl/α,β-unsaturated/α-hetero) is 1. The van der Waals surface area contributed by atoms with E-state index in [-0.39, 0.29) is 66.2 Å². The number of carbonyl (C=O) groups excluding carboxylic acids is 5. The van der Waals surface area contributed by atoms with Gasteiger partial charge in [-0.05, 0) is 97.7 Å². The molecule has 1 aliphatic rings. The van der Waals surface area contributed by atoms with Gasteiger partial charge in [-0.15, -0.1) is 0 Å². The molecule has 1 aliphatic carbocycles. The maximum atomic E-state index is 13.8. The van der Waals surface area contributed by atoms with Gasteiger partial charge in [0, 0.05) is 37.3 Å². The number of nitrogens with zero attached hydrogens (tertiary/aromatic N) is 8. The van der Waals surface area contributed by atoms with Crippen molar-refractivity contribution < 1.29 is 38.2 Å². The Bertz CT molecular complexity index is 2800. The van der Waals surface area contributed by atoms with Crippen molar-refractivity contribution in [1.82, 2.24) is 38.7 Å². The number of allylic oxidation sites excluding steroid dienone is 2. The Morgan fingerprint density at radius 1 is 0.778 bits per heavy atom. The summed E-state index contributed by atoms with van der Waals surface area (Å²) < 4.78 is 24.3. The Morgan fingerprint density at radius 2 is 1.27 bits per heavy atom. The first kappa shape index (κ1) is 43.8. The summed E-state index contributed by atoms with van der Waals surface area (Å²) in [6.45, 7) is 13.6. The van der Waals surface area contributed by atoms with Crippen LogP contribution in [0.1, 0.15) is 101 Å². The van der Waals surface area contributed by atoms with Gasteiger partial charge in [0.25, 0.3) is 11.8 Å². The summed E-state index contributed by atoms with van der Waals surface area (Å²) in [4.78, 5) is 74.7. The monoisotopic (exact) mass is 861 g/mol. The fourth-order valence-corrected chi connectivity index (χ4v) is 7.59. The van der Waals surface area contributed by atoms with Crippen molar-refractivity contribution >= 4 is 63.4 Å². The number of aryl methyl sites for hydroxylation is 4. The molecule has 7 rings (SSSR count). The first-order valence-corrected chi connectivity index (χ1v) is 20.8. The van der Waals surface area contributed by atoms with Gasteiger partial charge in [0.1, 0.15) is 40.0 Å². The topological polar surface area (TPSA) is 234 Å². The molecule has 6 aromatic rings. The molecule has 4 N–H and O–H groups in total. The lowest BCUT2D eigenvalue weighted by molar-refractivity contribution is -0.158. The highest BCUT2D eigenvalue weighted by Crippen LogP contribution is 2.38. The molecule has 4 aromatic heterocycles. The Kier molecular flexibility index (Phi) is 12.5. The highest BCUT2D eigenvalue weighted by molar-refractivity contribution is 6.05. The summed E-state index contributed by atoms with van der Waals surface area (Å²) in [6.07, 6.45) is 3.87. The molecule has 0 saturated heterocycles. The van der Waals surface area contributed by atoms with Crippen molar-refractivity contribution in [3.05, 3.63) is 82.5 Å². The number of imidazole rings is 2. The Balaban J connectivity index is 1.27. The number of hydrogen-bond donors (Lipinski definition) is 3. The quantitative estimate of drug-likeness (QED) is 0.0576. The second kappa shape index (κ2) is 18.0. The number of methoxy groups -OCH3 is 1. The van der Waals surface area contributed by atoms with Crippen LogP contribution < -0.4 is 25.8 Å². The number of benzene rings is 2. The number of nitrogens with two attached hydrogens (primary N) is 1. The lowest BCUT2D eigenvalue weighted by Crippen LogP contribution is -2.39. The van der Waals surface area contributed by atoms with Crippen LogP contribution in [0.25, 0.3) is 22.1 Å². The molecule has 63 heavy (non-hydrogen) atoms. The van der Waals surface area contributed by atoms with Gasteiger partial charge < -0.3 is 29.1 Å². The molecule has 0 spiro atoms. The molecule has 4 heterocycles. The molecule has 0 bridgehead atoms. The van der Waals surface area contributed by atoms with E-state index in [1.807, 2.05) is 26.0 Å². The van der Waals surface area contributed by atoms with E-state index in [0.717, 1.165) is 0 Å². The molecule has 0 unspecified atom stereocenters. The number of ketones is 1. The van der Waals surface area contributed by atoms with E-state index in [1.54, 1.807) is 70.5 Å². The third-order valence-corrected chi connectivity index (χ3v) is 10.7. The van der Waals surface area contributed by atoms with Crippen LogP contribution in [-0.4, -0.2) is 87.5 Å². The van der Waals surface area contributed by atoms with Crippen LogP contribution in [0.4, 0.5) is 11.9 Å². The van der Waals surface area contributed by atoms with Gasteiger partial charge in [0.2, 0.25) is 17.8 Å². The van der Waals surface area contributed by atoms with E-state index < -0.39 is 17.7 Å². The predicted molar refractivity (Wildman–Crippen MR) is 233 cm³/mol. The van der Waals surface area contributed by atoms with Gasteiger partial charge in [0.15, 0.2) is 5.78 Å². The lowest BCUT2D eigenvalue weighted by Gasteiger charge is -2.34. The van der Waals surface area contributed by atoms with Crippen molar-refractivity contribution in [3.8, 4) is 11.5 Å². The van der Waals surface area contributed by atoms with Crippen molar-refractivity contribution in [2.24, 2.45) is 11.7 Å². The zero-order chi connectivity index (χ0) is 45.3. The third kappa shape index (κ3) is 9.03. The molecule has 2 aromatic carbocycles. The van der Waals surface area contributed by atoms with Gasteiger partial charge in [-0.1, -0.05) is 12.2 Å². The summed E-state index contributed by atoms with van der Waals surface area (Å²) in [5.41, 5.74) is 10.1. The number of carbonyl (C=O) groups is 5. The van der Waals surface area contributed by atoms with Gasteiger partial charge in [-0.25, -0.2) is 9.97 Å². The van der Waals surface area contributed by atoms with Crippen molar-refractivity contribution in [2.45, 2.75) is 99.7 Å². The average Bonchev–Trinajstić information content (AvgIpc) is 3.98. The maximum absolute atomic E-state index is 13.8. The largest absolute Gasteiger partial charge is 0.494 e. The van der Waals surface area contributed by atoms with E-state index in [0.29, 0.717) is 82.1 Å². The minimum absolute atomic E-state index is 0.132. The second-order valence-electron chi connectivity index (χ2n) is 15.6. The van der Waals surface area contributed by atoms with Crippen LogP contribution in [0.2, 0.25) is 0 Å². The smallest absolute Gasteiger partial charge is 0.309 e. The standard InChI is InChI=1S/C44H51N11O8/c1-9-54-33(15-24(5)50-54)40(58)48-43-46-31-19-27(26(7)56)21-35(61-8)37(31)52(43)13-11-12-14-53-38-32(47-44(53)49-41(59)34-16-25(6)51-55(34)10-2)20-28(39(45)57)22-36(38)63-30-17-29(18-30)42(60)62-23(3)4/h11-12,15-16,19-23,29-30H,9-10,13-14,17-18H2,1-8H3,(H2,45,57)(H,46,48,58)(H,47,49,59)/b12-11+. The van der Waals surface area contributed by atoms with E-state index in [2.05, 4.69) is 20.8 Å². The summed E-state index contributed by atoms with van der Waals surface area (Å²) in [5.74, 6) is -1.37. The van der Waals surface area contributed by atoms with Crippen molar-refractivity contribution in [2.75, 3.05) is 17.7 Å². The minimum Gasteiger partial charge on any atom is -0.494 e. The number of anilines is 2. The van der Waals surface area contributed by atoms with Crippen LogP contribution >= 0.6 is 0 Å². The van der Waals surface area contributed by atoms with E-state index in [9.17, 15) is 24.0 Å². The SMILES string of the molecule is CCn1nc(C)cc1C(=O)Nc1nc2cc(C(C)=O)cc(OC)c2n1C/C=C/Cn1c(NC(=O)c2cc(C)nn2CC)nc2cc(C(N)=O)cc(OC3CC(C(=O)OC(C)C)C3)c21. The molecule has 19 heteroatoms. The van der Waals surface area contributed by atoms with E-state index in [4.69, 9.17) is 29.9 Å². The van der Waals surface area contributed by atoms with Crippen molar-refractivity contribution in [1.29, 1.82) is 0 Å². The summed E-state index contributed by atoms with van der Waals surface area (Å²) in [7, 11) is 1.49. The zero-order valence-corrected chi connectivity index (χ0v) is 36.5. The normalized spacial score (nSPS) is 14.9. The summed E-state index contributed by atoms with van der Waals surface area (Å²) >= 11 is 0. The van der Waals surface area contributed by atoms with Crippen LogP contribution in [0.5, 0.6) is 11.5 Å². The fraction of sp³-hybridized carbons (Fsp3) is 0.386. The fourth-order valence-electron chi connectivity index (χ4n) is 7.59. The van der Waals surface area contributed by atoms with Gasteiger partial charge in [-0.2, -0.15) is 10.2 Å². The minimum atomic E-state index is -0.702. The molecule has 3 amide bonds. The number of amides is 3. The van der Waals surface area contributed by atoms with Crippen LogP contribution in [-0.2, 0) is 35.7 Å². The van der Waals surface area contributed by atoms with E-state index in [1.165, 1.54) is 26.2 Å². The Hall–Kier alpha value is -7.31. The number of ether oxygens (including phenoxy) is 3. The molecule has 0 radical (unpaired) electrons. The van der Waals surface area contributed by atoms with Gasteiger partial charge >= 0.3 is 5.97 Å². The van der Waals surface area contributed by atoms with Gasteiger partial charge in [0.05, 0.1) is 41.6 Å². The Morgan fingerprint density at radius 3 is 1.73 bits per heavy atom. The molecule has 330 valence electrons. The second-order valence-corrected chi connectivity index (χ2v) is 15.6. The average molecular weight is 862 g/mol. The predicted octanol–water partition coefficient (Wildman–Crippen LogP) is 5.62. The highest BCUT2D eigenvalue weighted by atomic mass is 16.5. The third-order valence-electron chi connectivity index (χ3n) is 10.7. The molecule has 1 saturated carbocycles. The van der Waals surface area contributed by atoms with Gasteiger partial charge in [-0.3, -0.25) is 44.0 Å².